The minimum atomic E-state index is -0.956. The maximum absolute atomic E-state index is 9.68. The van der Waals surface area contributed by atoms with Crippen molar-refractivity contribution in [2.45, 2.75) is 6.10 Å². The summed E-state index contributed by atoms with van der Waals surface area (Å²) in [4.78, 5) is 0. The normalized spacial score (nSPS) is 13.3. The minimum absolute atomic E-state index is 0.0212. The van der Waals surface area contributed by atoms with Gasteiger partial charge in [-0.1, -0.05) is 12.1 Å². The molecule has 4 nitrogen and oxygen atoms in total. The van der Waals surface area contributed by atoms with Gasteiger partial charge in [0.1, 0.15) is 11.7 Å². The highest BCUT2D eigenvalue weighted by Gasteiger charge is 2.18. The number of nitrogens with two attached hydrogens (primary N) is 1. The summed E-state index contributed by atoms with van der Waals surface area (Å²) in [5.74, 6) is 0.104. The van der Waals surface area contributed by atoms with Crippen LogP contribution in [0.3, 0.4) is 0 Å². The molecule has 14 heavy (non-hydrogen) atoms. The second-order valence-electron chi connectivity index (χ2n) is 3.06. The Labute approximate surface area is 80.6 Å². The summed E-state index contributed by atoms with van der Waals surface area (Å²) in [6.45, 7) is 0.0212. The number of para-hydroxylation sites is 1. The summed E-state index contributed by atoms with van der Waals surface area (Å²) in [5, 5.41) is 19.7. The summed E-state index contributed by atoms with van der Waals surface area (Å²) in [6, 6.07) is 7.03. The topological polar surface area (TPSA) is 79.6 Å². The molecule has 0 aliphatic carbocycles. The van der Waals surface area contributed by atoms with E-state index in [1.54, 1.807) is 24.3 Å². The van der Waals surface area contributed by atoms with Crippen molar-refractivity contribution < 1.29 is 14.6 Å². The Morgan fingerprint density at radius 1 is 1.36 bits per heavy atom. The fourth-order valence-corrected chi connectivity index (χ4v) is 1.38. The molecule has 74 valence electrons. The highest BCUT2D eigenvalue weighted by atomic mass is 16.4. The highest BCUT2D eigenvalue weighted by Crippen LogP contribution is 2.34. The number of aliphatic hydroxyl groups is 1. The molecule has 0 aliphatic rings. The van der Waals surface area contributed by atoms with E-state index in [1.807, 2.05) is 0 Å². The fraction of sp³-hybridized carbons (Fsp3) is 0.200. The van der Waals surface area contributed by atoms with Crippen LogP contribution in [0.25, 0.3) is 11.0 Å². The Morgan fingerprint density at radius 2 is 2.07 bits per heavy atom. The van der Waals surface area contributed by atoms with Crippen LogP contribution in [0, 0.1) is 0 Å². The smallest absolute Gasteiger partial charge is 0.176 e. The van der Waals surface area contributed by atoms with Gasteiger partial charge in [-0.2, -0.15) is 0 Å². The molecule has 1 heterocycles. The molecule has 0 fully saturated rings. The van der Waals surface area contributed by atoms with Crippen LogP contribution in [0.2, 0.25) is 0 Å². The number of aromatic hydroxyl groups is 1. The van der Waals surface area contributed by atoms with Crippen molar-refractivity contribution in [2.24, 2.45) is 5.73 Å². The van der Waals surface area contributed by atoms with Crippen LogP contribution in [0.1, 0.15) is 11.9 Å². The van der Waals surface area contributed by atoms with Crippen molar-refractivity contribution >= 4 is 11.0 Å². The van der Waals surface area contributed by atoms with Crippen LogP contribution in [0.15, 0.2) is 28.7 Å². The van der Waals surface area contributed by atoms with Crippen LogP contribution >= 0.6 is 0 Å². The average molecular weight is 193 g/mol. The largest absolute Gasteiger partial charge is 0.504 e. The number of rotatable bonds is 2. The second kappa shape index (κ2) is 3.32. The first-order valence-corrected chi connectivity index (χ1v) is 4.32. The minimum Gasteiger partial charge on any atom is -0.504 e. The lowest BCUT2D eigenvalue weighted by Crippen LogP contribution is -2.10. The van der Waals surface area contributed by atoms with Crippen molar-refractivity contribution in [2.75, 3.05) is 6.54 Å². The maximum Gasteiger partial charge on any atom is 0.176 e. The van der Waals surface area contributed by atoms with Gasteiger partial charge < -0.3 is 20.4 Å². The standard InChI is InChI=1S/C10H11NO3/c11-5-7(12)10-9(13)6-3-1-2-4-8(6)14-10/h1-4,7,12-13H,5,11H2. The van der Waals surface area contributed by atoms with Gasteiger partial charge in [-0.25, -0.2) is 0 Å². The van der Waals surface area contributed by atoms with Crippen LogP contribution in [0.4, 0.5) is 0 Å². The number of furan rings is 1. The fourth-order valence-electron chi connectivity index (χ4n) is 1.38. The molecule has 2 aromatic rings. The summed E-state index contributed by atoms with van der Waals surface area (Å²) in [7, 11) is 0. The predicted octanol–water partition coefficient (Wildman–Crippen LogP) is 1.13. The molecule has 0 bridgehead atoms. The third-order valence-corrected chi connectivity index (χ3v) is 2.12. The molecule has 1 atom stereocenters. The first-order chi connectivity index (χ1) is 6.74. The monoisotopic (exact) mass is 193 g/mol. The molecule has 0 saturated heterocycles. The lowest BCUT2D eigenvalue weighted by molar-refractivity contribution is 0.155. The van der Waals surface area contributed by atoms with Crippen molar-refractivity contribution in [1.82, 2.24) is 0 Å². The lowest BCUT2D eigenvalue weighted by Gasteiger charge is -2.02. The van der Waals surface area contributed by atoms with E-state index >= 15 is 0 Å². The summed E-state index contributed by atoms with van der Waals surface area (Å²) in [5.41, 5.74) is 5.82. The Balaban J connectivity index is 2.62. The van der Waals surface area contributed by atoms with Crippen molar-refractivity contribution in [3.05, 3.63) is 30.0 Å². The first kappa shape index (κ1) is 9.05. The zero-order valence-corrected chi connectivity index (χ0v) is 7.47. The van der Waals surface area contributed by atoms with Gasteiger partial charge in [0.25, 0.3) is 0 Å². The lowest BCUT2D eigenvalue weighted by atomic mass is 10.2. The van der Waals surface area contributed by atoms with Gasteiger partial charge in [0, 0.05) is 6.54 Å². The molecule has 2 rings (SSSR count). The Hall–Kier alpha value is -1.52. The van der Waals surface area contributed by atoms with Gasteiger partial charge >= 0.3 is 0 Å². The number of fused-ring (bicyclic) bond motifs is 1. The predicted molar refractivity (Wildman–Crippen MR) is 51.9 cm³/mol. The van der Waals surface area contributed by atoms with E-state index in [-0.39, 0.29) is 18.1 Å². The molecular weight excluding hydrogens is 182 g/mol. The van der Waals surface area contributed by atoms with Crippen LogP contribution in [-0.4, -0.2) is 16.8 Å². The molecule has 1 unspecified atom stereocenters. The maximum atomic E-state index is 9.68. The summed E-state index contributed by atoms with van der Waals surface area (Å²) in [6.07, 6.45) is -0.956. The van der Waals surface area contributed by atoms with E-state index < -0.39 is 6.10 Å². The van der Waals surface area contributed by atoms with Crippen molar-refractivity contribution in [3.63, 3.8) is 0 Å². The van der Waals surface area contributed by atoms with Crippen LogP contribution < -0.4 is 5.73 Å². The molecule has 0 radical (unpaired) electrons. The number of aliphatic hydroxyl groups excluding tert-OH is 1. The van der Waals surface area contributed by atoms with Gasteiger partial charge in [0.15, 0.2) is 11.5 Å². The summed E-state index contributed by atoms with van der Waals surface area (Å²) >= 11 is 0. The van der Waals surface area contributed by atoms with E-state index in [0.717, 1.165) is 0 Å². The van der Waals surface area contributed by atoms with E-state index in [9.17, 15) is 10.2 Å². The number of hydrogen-bond acceptors (Lipinski definition) is 4. The third-order valence-electron chi connectivity index (χ3n) is 2.12. The zero-order valence-electron chi connectivity index (χ0n) is 7.47. The molecule has 4 heteroatoms. The van der Waals surface area contributed by atoms with Crippen LogP contribution in [0.5, 0.6) is 5.75 Å². The third kappa shape index (κ3) is 1.25. The van der Waals surface area contributed by atoms with Crippen molar-refractivity contribution in [3.8, 4) is 5.75 Å². The molecular formula is C10H11NO3. The van der Waals surface area contributed by atoms with Gasteiger partial charge in [-0.3, -0.25) is 0 Å². The highest BCUT2D eigenvalue weighted by molar-refractivity contribution is 5.85. The summed E-state index contributed by atoms with van der Waals surface area (Å²) < 4.78 is 5.27. The number of benzene rings is 1. The van der Waals surface area contributed by atoms with Gasteiger partial charge in [0.2, 0.25) is 0 Å². The second-order valence-corrected chi connectivity index (χ2v) is 3.06. The molecule has 0 amide bonds. The van der Waals surface area contributed by atoms with Gasteiger partial charge in [-0.15, -0.1) is 0 Å². The quantitative estimate of drug-likeness (QED) is 0.668. The Bertz CT molecular complexity index is 450. The molecule has 0 aliphatic heterocycles. The zero-order chi connectivity index (χ0) is 10.1. The Kier molecular flexibility index (Phi) is 2.15. The average Bonchev–Trinajstić information content (AvgIpc) is 2.56. The molecule has 1 aromatic carbocycles. The van der Waals surface area contributed by atoms with E-state index in [4.69, 9.17) is 10.2 Å². The van der Waals surface area contributed by atoms with E-state index in [1.165, 1.54) is 0 Å². The molecule has 1 aromatic heterocycles. The molecule has 4 N–H and O–H groups in total. The first-order valence-electron chi connectivity index (χ1n) is 4.32. The van der Waals surface area contributed by atoms with Gasteiger partial charge in [-0.05, 0) is 12.1 Å². The molecule has 0 spiro atoms. The van der Waals surface area contributed by atoms with E-state index in [0.29, 0.717) is 11.0 Å². The molecule has 0 saturated carbocycles. The van der Waals surface area contributed by atoms with Crippen LogP contribution in [-0.2, 0) is 0 Å². The number of hydrogen-bond donors (Lipinski definition) is 3. The SMILES string of the molecule is NCC(O)c1oc2ccccc2c1O. The van der Waals surface area contributed by atoms with E-state index in [2.05, 4.69) is 0 Å². The van der Waals surface area contributed by atoms with Gasteiger partial charge in [0.05, 0.1) is 5.39 Å². The Morgan fingerprint density at radius 3 is 2.71 bits per heavy atom. The van der Waals surface area contributed by atoms with Crippen molar-refractivity contribution in [1.29, 1.82) is 0 Å².